The molecule has 0 fully saturated rings. The first-order chi connectivity index (χ1) is 17.6. The summed E-state index contributed by atoms with van der Waals surface area (Å²) in [4.78, 5) is 12.3. The predicted octanol–water partition coefficient (Wildman–Crippen LogP) is 6.49. The Balaban J connectivity index is 1.78. The summed E-state index contributed by atoms with van der Waals surface area (Å²) in [7, 11) is 1.04. The second-order valence-corrected chi connectivity index (χ2v) is 7.80. The van der Waals surface area contributed by atoms with Crippen LogP contribution in [-0.4, -0.2) is 13.1 Å². The van der Waals surface area contributed by atoms with Gasteiger partial charge in [0.1, 0.15) is 25.4 Å². The van der Waals surface area contributed by atoms with Crippen LogP contribution in [-0.2, 0) is 24.6 Å². The number of methoxy groups -OCH3 is 1. The van der Waals surface area contributed by atoms with Gasteiger partial charge in [-0.3, -0.25) is 0 Å². The summed E-state index contributed by atoms with van der Waals surface area (Å²) in [6, 6.07) is 27.2. The van der Waals surface area contributed by atoms with E-state index in [1.54, 1.807) is 48.5 Å². The number of esters is 1. The monoisotopic (exact) mass is 490 g/mol. The molecular weight excluding hydrogens is 466 g/mol. The molecule has 4 aromatic rings. The van der Waals surface area contributed by atoms with Crippen LogP contribution in [0.5, 0.6) is 17.2 Å². The molecule has 0 saturated heterocycles. The SMILES string of the molecule is COC(=O)c1c(F)c(OCc2ccccc2)c(OCc2ccccc2)c(OCc2ccccc2)c1F. The van der Waals surface area contributed by atoms with Gasteiger partial charge in [0.25, 0.3) is 0 Å². The number of hydrogen-bond donors (Lipinski definition) is 0. The maximum absolute atomic E-state index is 15.6. The summed E-state index contributed by atoms with van der Waals surface area (Å²) >= 11 is 0. The van der Waals surface area contributed by atoms with Gasteiger partial charge in [-0.2, -0.15) is 0 Å². The van der Waals surface area contributed by atoms with Crippen molar-refractivity contribution in [1.82, 2.24) is 0 Å². The van der Waals surface area contributed by atoms with Gasteiger partial charge in [0.05, 0.1) is 7.11 Å². The van der Waals surface area contributed by atoms with Crippen LogP contribution < -0.4 is 14.2 Å². The second-order valence-electron chi connectivity index (χ2n) is 7.80. The van der Waals surface area contributed by atoms with E-state index in [4.69, 9.17) is 14.2 Å². The number of rotatable bonds is 10. The lowest BCUT2D eigenvalue weighted by molar-refractivity contribution is 0.0586. The van der Waals surface area contributed by atoms with Crippen molar-refractivity contribution >= 4 is 5.97 Å². The Hall–Kier alpha value is -4.39. The lowest BCUT2D eigenvalue weighted by atomic mass is 10.1. The third-order valence-corrected chi connectivity index (χ3v) is 5.32. The molecule has 0 amide bonds. The highest BCUT2D eigenvalue weighted by Gasteiger charge is 2.33. The highest BCUT2D eigenvalue weighted by atomic mass is 19.1. The number of halogens is 2. The van der Waals surface area contributed by atoms with Gasteiger partial charge in [-0.05, 0) is 16.7 Å². The number of carbonyl (C=O) groups excluding carboxylic acids is 1. The summed E-state index contributed by atoms with van der Waals surface area (Å²) in [5.41, 5.74) is 1.32. The van der Waals surface area contributed by atoms with Gasteiger partial charge in [-0.1, -0.05) is 91.0 Å². The number of benzene rings is 4. The first-order valence-electron chi connectivity index (χ1n) is 11.2. The molecule has 36 heavy (non-hydrogen) atoms. The summed E-state index contributed by atoms with van der Waals surface area (Å²) in [5, 5.41) is 0. The molecule has 0 saturated carbocycles. The van der Waals surface area contributed by atoms with E-state index >= 15 is 8.78 Å². The molecule has 0 bridgehead atoms. The van der Waals surface area contributed by atoms with E-state index in [9.17, 15) is 4.79 Å². The molecule has 0 spiro atoms. The predicted molar refractivity (Wildman–Crippen MR) is 130 cm³/mol. The lowest BCUT2D eigenvalue weighted by Gasteiger charge is -2.20. The van der Waals surface area contributed by atoms with E-state index in [2.05, 4.69) is 4.74 Å². The Kier molecular flexibility index (Phi) is 8.13. The molecule has 0 heterocycles. The minimum Gasteiger partial charge on any atom is -0.482 e. The van der Waals surface area contributed by atoms with Gasteiger partial charge in [0.2, 0.25) is 17.2 Å². The standard InChI is InChI=1S/C29H24F2O5/c1-33-29(32)23-24(30)26(34-17-20-11-5-2-6-12-20)28(36-19-22-15-9-4-10-16-22)27(25(23)31)35-18-21-13-7-3-8-14-21/h2-16H,17-19H2,1H3. The molecule has 7 heteroatoms. The van der Waals surface area contributed by atoms with Crippen LogP contribution in [0.3, 0.4) is 0 Å². The second kappa shape index (κ2) is 11.8. The molecule has 0 aliphatic heterocycles. The fourth-order valence-electron chi connectivity index (χ4n) is 3.49. The maximum atomic E-state index is 15.6. The number of hydrogen-bond acceptors (Lipinski definition) is 5. The molecule has 184 valence electrons. The molecular formula is C29H24F2O5. The Labute approximate surface area is 207 Å². The quantitative estimate of drug-likeness (QED) is 0.238. The van der Waals surface area contributed by atoms with Crippen LogP contribution in [0.2, 0.25) is 0 Å². The van der Waals surface area contributed by atoms with Crippen LogP contribution in [0, 0.1) is 11.6 Å². The van der Waals surface area contributed by atoms with E-state index in [-0.39, 0.29) is 25.6 Å². The molecule has 5 nitrogen and oxygen atoms in total. The van der Waals surface area contributed by atoms with E-state index in [1.165, 1.54) is 0 Å². The van der Waals surface area contributed by atoms with E-state index in [1.807, 2.05) is 42.5 Å². The van der Waals surface area contributed by atoms with Crippen LogP contribution in [0.4, 0.5) is 8.78 Å². The first-order valence-corrected chi connectivity index (χ1v) is 11.2. The van der Waals surface area contributed by atoms with Crippen molar-refractivity contribution in [3.8, 4) is 17.2 Å². The average molecular weight is 491 g/mol. The molecule has 0 aromatic heterocycles. The first kappa shape index (κ1) is 24.7. The smallest absolute Gasteiger partial charge is 0.344 e. The normalized spacial score (nSPS) is 10.5. The Morgan fingerprint density at radius 2 is 0.917 bits per heavy atom. The molecule has 0 N–H and O–H groups in total. The fraction of sp³-hybridized carbons (Fsp3) is 0.138. The molecule has 0 aliphatic rings. The molecule has 0 unspecified atom stereocenters. The van der Waals surface area contributed by atoms with Crippen LogP contribution in [0.25, 0.3) is 0 Å². The van der Waals surface area contributed by atoms with Crippen molar-refractivity contribution in [3.63, 3.8) is 0 Å². The number of carbonyl (C=O) groups is 1. The minimum atomic E-state index is -1.23. The van der Waals surface area contributed by atoms with E-state index < -0.39 is 34.7 Å². The maximum Gasteiger partial charge on any atom is 0.344 e. The van der Waals surface area contributed by atoms with Crippen molar-refractivity contribution in [2.45, 2.75) is 19.8 Å². The van der Waals surface area contributed by atoms with Crippen molar-refractivity contribution in [2.75, 3.05) is 7.11 Å². The van der Waals surface area contributed by atoms with Crippen molar-refractivity contribution in [1.29, 1.82) is 0 Å². The largest absolute Gasteiger partial charge is 0.482 e. The van der Waals surface area contributed by atoms with Gasteiger partial charge >= 0.3 is 5.97 Å². The third kappa shape index (κ3) is 5.81. The zero-order valence-corrected chi connectivity index (χ0v) is 19.6. The van der Waals surface area contributed by atoms with E-state index in [0.717, 1.165) is 23.8 Å². The highest BCUT2D eigenvalue weighted by molar-refractivity contribution is 5.92. The Morgan fingerprint density at radius 1 is 0.583 bits per heavy atom. The Bertz CT molecular complexity index is 1230. The molecule has 4 rings (SSSR count). The van der Waals surface area contributed by atoms with Gasteiger partial charge in [-0.15, -0.1) is 0 Å². The molecule has 0 radical (unpaired) electrons. The van der Waals surface area contributed by atoms with Crippen molar-refractivity contribution in [3.05, 3.63) is 125 Å². The fourth-order valence-corrected chi connectivity index (χ4v) is 3.49. The van der Waals surface area contributed by atoms with Crippen LogP contribution in [0.1, 0.15) is 27.0 Å². The van der Waals surface area contributed by atoms with Crippen molar-refractivity contribution < 1.29 is 32.5 Å². The molecule has 0 atom stereocenters. The summed E-state index contributed by atoms with van der Waals surface area (Å²) in [5.74, 6) is -4.84. The van der Waals surface area contributed by atoms with Gasteiger partial charge < -0.3 is 18.9 Å². The lowest BCUT2D eigenvalue weighted by Crippen LogP contribution is -2.14. The zero-order chi connectivity index (χ0) is 25.3. The molecule has 4 aromatic carbocycles. The highest BCUT2D eigenvalue weighted by Crippen LogP contribution is 2.45. The topological polar surface area (TPSA) is 54.0 Å². The van der Waals surface area contributed by atoms with Crippen LogP contribution >= 0.6 is 0 Å². The Morgan fingerprint density at radius 3 is 1.25 bits per heavy atom. The van der Waals surface area contributed by atoms with Crippen molar-refractivity contribution in [2.24, 2.45) is 0 Å². The van der Waals surface area contributed by atoms with Gasteiger partial charge in [0, 0.05) is 0 Å². The van der Waals surface area contributed by atoms with Gasteiger partial charge in [-0.25, -0.2) is 13.6 Å². The van der Waals surface area contributed by atoms with E-state index in [0.29, 0.717) is 0 Å². The third-order valence-electron chi connectivity index (χ3n) is 5.32. The zero-order valence-electron chi connectivity index (χ0n) is 19.6. The summed E-state index contributed by atoms with van der Waals surface area (Å²) < 4.78 is 53.3. The summed E-state index contributed by atoms with van der Waals surface area (Å²) in [6.45, 7) is -0.117. The molecule has 0 aliphatic carbocycles. The van der Waals surface area contributed by atoms with Crippen LogP contribution in [0.15, 0.2) is 91.0 Å². The average Bonchev–Trinajstić information content (AvgIpc) is 2.92. The van der Waals surface area contributed by atoms with Gasteiger partial charge in [0.15, 0.2) is 11.6 Å². The number of ether oxygens (including phenoxy) is 4. The minimum absolute atomic E-state index is 0.0132. The summed E-state index contributed by atoms with van der Waals surface area (Å²) in [6.07, 6.45) is 0.